The highest BCUT2D eigenvalue weighted by Crippen LogP contribution is 2.40. The third-order valence-corrected chi connectivity index (χ3v) is 4.75. The molecule has 22 heavy (non-hydrogen) atoms. The van der Waals surface area contributed by atoms with Crippen molar-refractivity contribution in [2.75, 3.05) is 6.54 Å². The summed E-state index contributed by atoms with van der Waals surface area (Å²) in [5.74, 6) is 1.29. The van der Waals surface area contributed by atoms with Crippen molar-refractivity contribution in [3.05, 3.63) is 52.4 Å². The molecule has 1 atom stereocenters. The second-order valence-corrected chi connectivity index (χ2v) is 6.53. The maximum absolute atomic E-state index is 12.7. The number of benzene rings is 1. The first-order chi connectivity index (χ1) is 10.7. The Morgan fingerprint density at radius 1 is 1.23 bits per heavy atom. The molecule has 114 valence electrons. The molecule has 4 rings (SSSR count). The van der Waals surface area contributed by atoms with Gasteiger partial charge in [0.1, 0.15) is 5.76 Å². The highest BCUT2D eigenvalue weighted by molar-refractivity contribution is 6.30. The molecule has 2 heterocycles. The average molecular weight is 317 g/mol. The molecule has 0 radical (unpaired) electrons. The lowest BCUT2D eigenvalue weighted by Gasteiger charge is -2.24. The van der Waals surface area contributed by atoms with Crippen LogP contribution in [-0.2, 0) is 0 Å². The van der Waals surface area contributed by atoms with Gasteiger partial charge in [-0.3, -0.25) is 4.79 Å². The van der Waals surface area contributed by atoms with Crippen molar-refractivity contribution in [1.29, 1.82) is 0 Å². The van der Waals surface area contributed by atoms with E-state index in [1.807, 2.05) is 35.2 Å². The van der Waals surface area contributed by atoms with E-state index in [9.17, 15) is 4.79 Å². The van der Waals surface area contributed by atoms with Gasteiger partial charge in [0.2, 0.25) is 0 Å². The second kappa shape index (κ2) is 5.43. The number of rotatable bonds is 3. The summed E-state index contributed by atoms with van der Waals surface area (Å²) in [6.07, 6.45) is 4.26. The Bertz CT molecular complexity index is 691. The number of carbonyl (C=O) groups is 1. The second-order valence-electron chi connectivity index (χ2n) is 6.10. The van der Waals surface area contributed by atoms with Crippen molar-refractivity contribution in [2.45, 2.75) is 37.6 Å². The maximum atomic E-state index is 12.7. The van der Waals surface area contributed by atoms with E-state index in [0.717, 1.165) is 43.6 Å². The SMILES string of the molecule is O=C(c1cc(C2CC2)on1)N1CCC[C@H]1c1ccc(Cl)cc1. The number of nitrogens with zero attached hydrogens (tertiary/aromatic N) is 2. The standard InChI is InChI=1S/C17H17ClN2O2/c18-13-7-5-11(6-8-13)15-2-1-9-20(15)17(21)14-10-16(22-19-14)12-3-4-12/h5-8,10,12,15H,1-4,9H2/t15-/m0/s1. The summed E-state index contributed by atoms with van der Waals surface area (Å²) in [4.78, 5) is 14.6. The average Bonchev–Trinajstić information content (AvgIpc) is 3.08. The van der Waals surface area contributed by atoms with E-state index in [2.05, 4.69) is 5.16 Å². The van der Waals surface area contributed by atoms with Crippen LogP contribution >= 0.6 is 11.6 Å². The van der Waals surface area contributed by atoms with Gasteiger partial charge < -0.3 is 9.42 Å². The topological polar surface area (TPSA) is 46.3 Å². The Morgan fingerprint density at radius 2 is 2.00 bits per heavy atom. The quantitative estimate of drug-likeness (QED) is 0.853. The molecule has 1 aromatic carbocycles. The van der Waals surface area contributed by atoms with E-state index in [4.69, 9.17) is 16.1 Å². The fraction of sp³-hybridized carbons (Fsp3) is 0.412. The van der Waals surface area contributed by atoms with Crippen LogP contribution in [0.3, 0.4) is 0 Å². The van der Waals surface area contributed by atoms with Crippen LogP contribution < -0.4 is 0 Å². The summed E-state index contributed by atoms with van der Waals surface area (Å²) in [6, 6.07) is 9.66. The van der Waals surface area contributed by atoms with Crippen molar-refractivity contribution in [2.24, 2.45) is 0 Å². The Kier molecular flexibility index (Phi) is 3.41. The van der Waals surface area contributed by atoms with Crippen LogP contribution in [0.2, 0.25) is 5.02 Å². The predicted octanol–water partition coefficient (Wildman–Crippen LogP) is 4.18. The molecule has 5 heteroatoms. The maximum Gasteiger partial charge on any atom is 0.276 e. The van der Waals surface area contributed by atoms with Crippen LogP contribution in [0.15, 0.2) is 34.9 Å². The number of hydrogen-bond acceptors (Lipinski definition) is 3. The molecule has 1 saturated heterocycles. The van der Waals surface area contributed by atoms with Crippen molar-refractivity contribution < 1.29 is 9.32 Å². The first-order valence-electron chi connectivity index (χ1n) is 7.75. The molecule has 2 aliphatic rings. The zero-order valence-electron chi connectivity index (χ0n) is 12.2. The minimum absolute atomic E-state index is 0.0342. The van der Waals surface area contributed by atoms with Crippen molar-refractivity contribution in [3.8, 4) is 0 Å². The summed E-state index contributed by atoms with van der Waals surface area (Å²) in [7, 11) is 0. The van der Waals surface area contributed by atoms with Gasteiger partial charge in [-0.05, 0) is 43.4 Å². The van der Waals surface area contributed by atoms with Crippen LogP contribution in [0.5, 0.6) is 0 Å². The van der Waals surface area contributed by atoms with E-state index in [0.29, 0.717) is 16.6 Å². The molecule has 4 nitrogen and oxygen atoms in total. The van der Waals surface area contributed by atoms with Crippen molar-refractivity contribution >= 4 is 17.5 Å². The van der Waals surface area contributed by atoms with Gasteiger partial charge in [-0.1, -0.05) is 28.9 Å². The minimum atomic E-state index is -0.0342. The molecular weight excluding hydrogens is 300 g/mol. The highest BCUT2D eigenvalue weighted by atomic mass is 35.5. The van der Waals surface area contributed by atoms with Gasteiger partial charge in [0, 0.05) is 23.6 Å². The molecule has 1 amide bonds. The lowest BCUT2D eigenvalue weighted by atomic mass is 10.0. The van der Waals surface area contributed by atoms with Crippen LogP contribution in [-0.4, -0.2) is 22.5 Å². The van der Waals surface area contributed by atoms with E-state index in [1.54, 1.807) is 0 Å². The molecule has 0 N–H and O–H groups in total. The number of likely N-dealkylation sites (tertiary alicyclic amines) is 1. The van der Waals surface area contributed by atoms with Gasteiger partial charge in [-0.25, -0.2) is 0 Å². The molecule has 0 unspecified atom stereocenters. The fourth-order valence-corrected chi connectivity index (χ4v) is 3.26. The smallest absolute Gasteiger partial charge is 0.276 e. The Labute approximate surface area is 134 Å². The molecule has 2 aromatic rings. The van der Waals surface area contributed by atoms with E-state index < -0.39 is 0 Å². The van der Waals surface area contributed by atoms with E-state index >= 15 is 0 Å². The van der Waals surface area contributed by atoms with Crippen molar-refractivity contribution in [3.63, 3.8) is 0 Å². The lowest BCUT2D eigenvalue weighted by molar-refractivity contribution is 0.0725. The van der Waals surface area contributed by atoms with Gasteiger partial charge in [-0.15, -0.1) is 0 Å². The fourth-order valence-electron chi connectivity index (χ4n) is 3.14. The predicted molar refractivity (Wildman–Crippen MR) is 82.9 cm³/mol. The van der Waals surface area contributed by atoms with Crippen LogP contribution in [0.1, 0.15) is 59.5 Å². The summed E-state index contributed by atoms with van der Waals surface area (Å²) in [5.41, 5.74) is 1.56. The molecule has 1 aliphatic carbocycles. The molecule has 0 bridgehead atoms. The normalized spacial score (nSPS) is 21.3. The first-order valence-corrected chi connectivity index (χ1v) is 8.13. The molecule has 0 spiro atoms. The molecule has 1 aromatic heterocycles. The molecule has 2 fully saturated rings. The monoisotopic (exact) mass is 316 g/mol. The molecule has 1 aliphatic heterocycles. The summed E-state index contributed by atoms with van der Waals surface area (Å²) >= 11 is 5.95. The summed E-state index contributed by atoms with van der Waals surface area (Å²) in [6.45, 7) is 0.762. The summed E-state index contributed by atoms with van der Waals surface area (Å²) < 4.78 is 5.31. The minimum Gasteiger partial charge on any atom is -0.360 e. The van der Waals surface area contributed by atoms with Crippen LogP contribution in [0.4, 0.5) is 0 Å². The molecular formula is C17H17ClN2O2. The van der Waals surface area contributed by atoms with Gasteiger partial charge in [-0.2, -0.15) is 0 Å². The first kappa shape index (κ1) is 13.8. The number of amides is 1. The van der Waals surface area contributed by atoms with Gasteiger partial charge in [0.25, 0.3) is 5.91 Å². The van der Waals surface area contributed by atoms with Gasteiger partial charge in [0.05, 0.1) is 6.04 Å². The highest BCUT2D eigenvalue weighted by Gasteiger charge is 2.34. The Balaban J connectivity index is 1.56. The number of hydrogen-bond donors (Lipinski definition) is 0. The third kappa shape index (κ3) is 2.52. The zero-order valence-corrected chi connectivity index (χ0v) is 12.9. The number of carbonyl (C=O) groups excluding carboxylic acids is 1. The van der Waals surface area contributed by atoms with Crippen molar-refractivity contribution in [1.82, 2.24) is 10.1 Å². The molecule has 1 saturated carbocycles. The Hall–Kier alpha value is -1.81. The van der Waals surface area contributed by atoms with Gasteiger partial charge in [0.15, 0.2) is 5.69 Å². The zero-order chi connectivity index (χ0) is 15.1. The Morgan fingerprint density at radius 3 is 2.73 bits per heavy atom. The third-order valence-electron chi connectivity index (χ3n) is 4.50. The van der Waals surface area contributed by atoms with Gasteiger partial charge >= 0.3 is 0 Å². The lowest BCUT2D eigenvalue weighted by Crippen LogP contribution is -2.30. The van der Waals surface area contributed by atoms with E-state index in [1.165, 1.54) is 0 Å². The number of halogens is 1. The number of aromatic nitrogens is 1. The summed E-state index contributed by atoms with van der Waals surface area (Å²) in [5, 5.41) is 4.69. The van der Waals surface area contributed by atoms with Crippen LogP contribution in [0.25, 0.3) is 0 Å². The van der Waals surface area contributed by atoms with E-state index in [-0.39, 0.29) is 11.9 Å². The van der Waals surface area contributed by atoms with Crippen LogP contribution in [0, 0.1) is 0 Å². The largest absolute Gasteiger partial charge is 0.360 e.